The minimum Gasteiger partial charge on any atom is -0.495 e. The van der Waals surface area contributed by atoms with Crippen LogP contribution in [0.1, 0.15) is 0 Å². The zero-order chi connectivity index (χ0) is 8.27. The fourth-order valence-corrected chi connectivity index (χ4v) is 1.49. The fourth-order valence-electron chi connectivity index (χ4n) is 0.769. The molecule has 0 amide bonds. The smallest absolute Gasteiger partial charge is 0.142 e. The first-order valence-electron chi connectivity index (χ1n) is 3.00. The van der Waals surface area contributed by atoms with E-state index in [1.807, 2.05) is 12.1 Å². The molecule has 0 aromatic heterocycles. The lowest BCUT2D eigenvalue weighted by Gasteiger charge is -2.05. The van der Waals surface area contributed by atoms with Gasteiger partial charge in [0.2, 0.25) is 0 Å². The SMILES string of the molecule is COc1cccc(SCl)c1N. The zero-order valence-corrected chi connectivity index (χ0v) is 7.58. The van der Waals surface area contributed by atoms with Gasteiger partial charge in [-0.2, -0.15) is 0 Å². The number of hydrogen-bond donors (Lipinski definition) is 1. The van der Waals surface area contributed by atoms with Crippen LogP contribution in [0.3, 0.4) is 0 Å². The van der Waals surface area contributed by atoms with E-state index in [2.05, 4.69) is 0 Å². The molecular weight excluding hydrogens is 182 g/mol. The first-order chi connectivity index (χ1) is 5.29. The average Bonchev–Trinajstić information content (AvgIpc) is 2.05. The van der Waals surface area contributed by atoms with Crippen molar-refractivity contribution in [2.75, 3.05) is 12.8 Å². The molecule has 0 atom stereocenters. The van der Waals surface area contributed by atoms with Crippen LogP contribution in [-0.4, -0.2) is 7.11 Å². The largest absolute Gasteiger partial charge is 0.495 e. The summed E-state index contributed by atoms with van der Waals surface area (Å²) in [5.74, 6) is 0.663. The molecule has 60 valence electrons. The Bertz CT molecular complexity index is 232. The molecule has 0 saturated carbocycles. The highest BCUT2D eigenvalue weighted by Crippen LogP contribution is 2.34. The van der Waals surface area contributed by atoms with Crippen LogP contribution >= 0.6 is 21.7 Å². The lowest BCUT2D eigenvalue weighted by atomic mass is 10.3. The van der Waals surface area contributed by atoms with E-state index < -0.39 is 0 Å². The van der Waals surface area contributed by atoms with Gasteiger partial charge in [0.05, 0.1) is 17.7 Å². The number of hydrogen-bond acceptors (Lipinski definition) is 3. The van der Waals surface area contributed by atoms with Crippen molar-refractivity contribution in [2.24, 2.45) is 0 Å². The lowest BCUT2D eigenvalue weighted by Crippen LogP contribution is -1.92. The van der Waals surface area contributed by atoms with Gasteiger partial charge >= 0.3 is 0 Å². The summed E-state index contributed by atoms with van der Waals surface area (Å²) in [6, 6.07) is 5.49. The number of para-hydroxylation sites is 1. The Labute approximate surface area is 74.2 Å². The molecule has 0 bridgehead atoms. The van der Waals surface area contributed by atoms with Crippen LogP contribution in [0.25, 0.3) is 0 Å². The van der Waals surface area contributed by atoms with Crippen LogP contribution in [0, 0.1) is 0 Å². The van der Waals surface area contributed by atoms with Crippen molar-refractivity contribution in [3.05, 3.63) is 18.2 Å². The summed E-state index contributed by atoms with van der Waals surface area (Å²) >= 11 is 0. The van der Waals surface area contributed by atoms with E-state index in [-0.39, 0.29) is 0 Å². The number of anilines is 1. The molecule has 0 spiro atoms. The van der Waals surface area contributed by atoms with Crippen LogP contribution < -0.4 is 10.5 Å². The van der Waals surface area contributed by atoms with E-state index >= 15 is 0 Å². The molecule has 1 aromatic carbocycles. The number of methoxy groups -OCH3 is 1. The predicted octanol–water partition coefficient (Wildman–Crippen LogP) is 2.52. The normalized spacial score (nSPS) is 9.64. The van der Waals surface area contributed by atoms with Gasteiger partial charge in [-0.1, -0.05) is 6.07 Å². The van der Waals surface area contributed by atoms with Crippen molar-refractivity contribution in [3.63, 3.8) is 0 Å². The van der Waals surface area contributed by atoms with Gasteiger partial charge in [-0.05, 0) is 33.8 Å². The Morgan fingerprint density at radius 2 is 2.27 bits per heavy atom. The van der Waals surface area contributed by atoms with Gasteiger partial charge in [-0.3, -0.25) is 0 Å². The highest BCUT2D eigenvalue weighted by Gasteiger charge is 2.03. The van der Waals surface area contributed by atoms with Gasteiger partial charge in [-0.25, -0.2) is 0 Å². The molecule has 0 radical (unpaired) electrons. The van der Waals surface area contributed by atoms with Gasteiger partial charge in [0.15, 0.2) is 0 Å². The third-order valence-corrected chi connectivity index (χ3v) is 2.35. The molecule has 11 heavy (non-hydrogen) atoms. The van der Waals surface area contributed by atoms with Crippen LogP contribution in [-0.2, 0) is 0 Å². The maximum absolute atomic E-state index is 5.67. The first kappa shape index (κ1) is 8.56. The number of halogens is 1. The van der Waals surface area contributed by atoms with Gasteiger partial charge in [0, 0.05) is 0 Å². The third kappa shape index (κ3) is 1.73. The molecule has 0 saturated heterocycles. The van der Waals surface area contributed by atoms with E-state index in [0.717, 1.165) is 15.9 Å². The van der Waals surface area contributed by atoms with Crippen LogP contribution in [0.2, 0.25) is 0 Å². The van der Waals surface area contributed by atoms with Crippen LogP contribution in [0.15, 0.2) is 23.1 Å². The van der Waals surface area contributed by atoms with Gasteiger partial charge in [-0.15, -0.1) is 0 Å². The second-order valence-electron chi connectivity index (χ2n) is 1.95. The maximum atomic E-state index is 5.67. The summed E-state index contributed by atoms with van der Waals surface area (Å²) in [6.07, 6.45) is 0. The second kappa shape index (κ2) is 3.74. The number of benzene rings is 1. The molecule has 2 N–H and O–H groups in total. The van der Waals surface area contributed by atoms with E-state index in [0.29, 0.717) is 11.4 Å². The Morgan fingerprint density at radius 1 is 1.55 bits per heavy atom. The number of nitrogens with two attached hydrogens (primary N) is 1. The zero-order valence-electron chi connectivity index (χ0n) is 6.00. The number of rotatable bonds is 2. The predicted molar refractivity (Wildman–Crippen MR) is 49.1 cm³/mol. The van der Waals surface area contributed by atoms with Crippen molar-refractivity contribution < 1.29 is 4.74 Å². The molecule has 0 heterocycles. The topological polar surface area (TPSA) is 35.2 Å². The molecule has 2 nitrogen and oxygen atoms in total. The summed E-state index contributed by atoms with van der Waals surface area (Å²) in [5, 5.41) is 0. The van der Waals surface area contributed by atoms with Crippen LogP contribution in [0.5, 0.6) is 5.75 Å². The van der Waals surface area contributed by atoms with E-state index in [1.54, 1.807) is 13.2 Å². The number of ether oxygens (including phenoxy) is 1. The second-order valence-corrected chi connectivity index (χ2v) is 3.01. The molecule has 1 rings (SSSR count). The molecule has 0 unspecified atom stereocenters. The monoisotopic (exact) mass is 189 g/mol. The molecular formula is C7H8ClNOS. The highest BCUT2D eigenvalue weighted by molar-refractivity contribution is 8.21. The average molecular weight is 190 g/mol. The molecule has 0 aliphatic carbocycles. The van der Waals surface area contributed by atoms with E-state index in [9.17, 15) is 0 Å². The van der Waals surface area contributed by atoms with Gasteiger partial charge < -0.3 is 10.5 Å². The van der Waals surface area contributed by atoms with E-state index in [1.165, 1.54) is 0 Å². The highest BCUT2D eigenvalue weighted by atomic mass is 35.7. The lowest BCUT2D eigenvalue weighted by molar-refractivity contribution is 0.416. The minimum atomic E-state index is 0.593. The summed E-state index contributed by atoms with van der Waals surface area (Å²) in [6.45, 7) is 0. The van der Waals surface area contributed by atoms with Crippen molar-refractivity contribution in [1.29, 1.82) is 0 Å². The van der Waals surface area contributed by atoms with Crippen molar-refractivity contribution in [1.82, 2.24) is 0 Å². The Balaban J connectivity index is 3.10. The summed E-state index contributed by atoms with van der Waals surface area (Å²) in [7, 11) is 8.21. The quantitative estimate of drug-likeness (QED) is 0.727. The standard InChI is InChI=1S/C7H8ClNOS/c1-10-5-3-2-4-6(11-8)7(5)9/h2-4H,9H2,1H3. The van der Waals surface area contributed by atoms with Crippen LogP contribution in [0.4, 0.5) is 5.69 Å². The molecule has 0 aliphatic heterocycles. The Morgan fingerprint density at radius 3 is 2.82 bits per heavy atom. The third-order valence-electron chi connectivity index (χ3n) is 1.33. The number of nitrogen functional groups attached to an aromatic ring is 1. The molecule has 0 fully saturated rings. The van der Waals surface area contributed by atoms with Crippen molar-refractivity contribution in [3.8, 4) is 5.75 Å². The summed E-state index contributed by atoms with van der Waals surface area (Å²) in [5.41, 5.74) is 6.27. The molecule has 4 heteroatoms. The summed E-state index contributed by atoms with van der Waals surface area (Å²) in [4.78, 5) is 0.825. The molecule has 0 aliphatic rings. The van der Waals surface area contributed by atoms with Crippen molar-refractivity contribution in [2.45, 2.75) is 4.90 Å². The first-order valence-corrected chi connectivity index (χ1v) is 4.65. The van der Waals surface area contributed by atoms with Gasteiger partial charge in [0.25, 0.3) is 0 Å². The molecule has 1 aromatic rings. The Hall–Kier alpha value is -0.540. The van der Waals surface area contributed by atoms with E-state index in [4.69, 9.17) is 21.2 Å². The maximum Gasteiger partial charge on any atom is 0.142 e. The Kier molecular flexibility index (Phi) is 2.91. The van der Waals surface area contributed by atoms with Gasteiger partial charge in [0.1, 0.15) is 5.75 Å². The minimum absolute atomic E-state index is 0.593. The van der Waals surface area contributed by atoms with Crippen molar-refractivity contribution >= 4 is 27.3 Å². The summed E-state index contributed by atoms with van der Waals surface area (Å²) < 4.78 is 4.99. The fraction of sp³-hybridized carbons (Fsp3) is 0.143.